The predicted molar refractivity (Wildman–Crippen MR) is 122 cm³/mol. The van der Waals surface area contributed by atoms with Crippen LogP contribution in [0.5, 0.6) is 11.5 Å². The van der Waals surface area contributed by atoms with Crippen LogP contribution in [0.2, 0.25) is 0 Å². The van der Waals surface area contributed by atoms with E-state index in [1.165, 1.54) is 0 Å². The summed E-state index contributed by atoms with van der Waals surface area (Å²) in [6.45, 7) is 8.75. The van der Waals surface area contributed by atoms with Gasteiger partial charge in [-0.2, -0.15) is 0 Å². The average molecular weight is 463 g/mol. The van der Waals surface area contributed by atoms with Gasteiger partial charge in [0, 0.05) is 19.0 Å². The summed E-state index contributed by atoms with van der Waals surface area (Å²) in [4.78, 5) is 29.7. The molecule has 174 valence electrons. The molecular weight excluding hydrogens is 432 g/mol. The Bertz CT molecular complexity index is 956. The van der Waals surface area contributed by atoms with Crippen LogP contribution in [0.15, 0.2) is 34.7 Å². The first-order chi connectivity index (χ1) is 15.2. The second-order valence-corrected chi connectivity index (χ2v) is 8.96. The number of hydrogen-bond acceptors (Lipinski definition) is 5. The van der Waals surface area contributed by atoms with Gasteiger partial charge in [0.05, 0.1) is 18.5 Å². The minimum atomic E-state index is -0.739. The Morgan fingerprint density at radius 1 is 1.06 bits per heavy atom. The number of alkyl halides is 1. The number of ether oxygens (including phenoxy) is 2. The summed E-state index contributed by atoms with van der Waals surface area (Å²) >= 11 is 6.02. The highest BCUT2D eigenvalue weighted by Crippen LogP contribution is 2.33. The van der Waals surface area contributed by atoms with Crippen molar-refractivity contribution in [2.45, 2.75) is 47.2 Å². The van der Waals surface area contributed by atoms with Crippen molar-refractivity contribution in [1.82, 2.24) is 9.80 Å². The first-order valence-electron chi connectivity index (χ1n) is 10.8. The van der Waals surface area contributed by atoms with E-state index in [1.807, 2.05) is 44.2 Å². The maximum Gasteiger partial charge on any atom is 0.242 e. The molecule has 0 bridgehead atoms. The molecule has 0 fully saturated rings. The number of nitrogens with zero attached hydrogens (tertiary/aromatic N) is 2. The normalized spacial score (nSPS) is 12.7. The molecule has 1 aliphatic rings. The van der Waals surface area contributed by atoms with Crippen LogP contribution in [-0.2, 0) is 22.7 Å². The van der Waals surface area contributed by atoms with E-state index < -0.39 is 5.41 Å². The summed E-state index contributed by atoms with van der Waals surface area (Å²) in [6.07, 6.45) is 0.747. The molecule has 1 aromatic carbocycles. The zero-order chi connectivity index (χ0) is 23.3. The number of halogens is 1. The Morgan fingerprint density at radius 3 is 2.47 bits per heavy atom. The number of aryl methyl sites for hydroxylation is 1. The SMILES string of the molecule is CCCN(CC(=O)N(Cc1ccc2c(c1)OCO2)Cc1ccc(C)o1)C(=O)C(C)(C)CCl. The van der Waals surface area contributed by atoms with Gasteiger partial charge >= 0.3 is 0 Å². The minimum absolute atomic E-state index is 0.0166. The van der Waals surface area contributed by atoms with Crippen molar-refractivity contribution in [1.29, 1.82) is 0 Å². The quantitative estimate of drug-likeness (QED) is 0.491. The van der Waals surface area contributed by atoms with Crippen molar-refractivity contribution in [3.8, 4) is 11.5 Å². The lowest BCUT2D eigenvalue weighted by atomic mass is 9.94. The number of carbonyl (C=O) groups excluding carboxylic acids is 2. The monoisotopic (exact) mass is 462 g/mol. The van der Waals surface area contributed by atoms with E-state index in [0.29, 0.717) is 36.9 Å². The van der Waals surface area contributed by atoms with Crippen LogP contribution in [0, 0.1) is 12.3 Å². The molecular formula is C24H31ClN2O5. The Balaban J connectivity index is 1.80. The fourth-order valence-corrected chi connectivity index (χ4v) is 3.64. The van der Waals surface area contributed by atoms with Gasteiger partial charge in [-0.1, -0.05) is 13.0 Å². The number of carbonyl (C=O) groups is 2. The largest absolute Gasteiger partial charge is 0.464 e. The van der Waals surface area contributed by atoms with Crippen molar-refractivity contribution in [2.24, 2.45) is 5.41 Å². The van der Waals surface area contributed by atoms with Gasteiger partial charge in [-0.05, 0) is 57.0 Å². The highest BCUT2D eigenvalue weighted by molar-refractivity contribution is 6.19. The molecule has 0 saturated heterocycles. The molecule has 3 rings (SSSR count). The average Bonchev–Trinajstić information content (AvgIpc) is 3.40. The topological polar surface area (TPSA) is 72.2 Å². The van der Waals surface area contributed by atoms with Crippen LogP contribution in [0.25, 0.3) is 0 Å². The Morgan fingerprint density at radius 2 is 1.81 bits per heavy atom. The molecule has 0 aliphatic carbocycles. The smallest absolute Gasteiger partial charge is 0.242 e. The molecule has 7 nitrogen and oxygen atoms in total. The first kappa shape index (κ1) is 24.0. The van der Waals surface area contributed by atoms with E-state index in [2.05, 4.69) is 0 Å². The summed E-state index contributed by atoms with van der Waals surface area (Å²) in [5.41, 5.74) is 0.164. The summed E-state index contributed by atoms with van der Waals surface area (Å²) in [7, 11) is 0. The number of benzene rings is 1. The molecule has 2 amide bonds. The van der Waals surface area contributed by atoms with Crippen LogP contribution >= 0.6 is 11.6 Å². The molecule has 1 aliphatic heterocycles. The molecule has 2 heterocycles. The molecule has 8 heteroatoms. The van der Waals surface area contributed by atoms with Crippen molar-refractivity contribution in [3.05, 3.63) is 47.4 Å². The van der Waals surface area contributed by atoms with Crippen LogP contribution in [-0.4, -0.2) is 47.4 Å². The fraction of sp³-hybridized carbons (Fsp3) is 0.500. The molecule has 0 saturated carbocycles. The van der Waals surface area contributed by atoms with E-state index in [1.54, 1.807) is 23.6 Å². The first-order valence-corrected chi connectivity index (χ1v) is 11.3. The highest BCUT2D eigenvalue weighted by Gasteiger charge is 2.33. The Hall–Kier alpha value is -2.67. The lowest BCUT2D eigenvalue weighted by molar-refractivity contribution is -0.146. The molecule has 0 spiro atoms. The van der Waals surface area contributed by atoms with Crippen molar-refractivity contribution < 1.29 is 23.5 Å². The van der Waals surface area contributed by atoms with Gasteiger partial charge in [-0.25, -0.2) is 0 Å². The third-order valence-electron chi connectivity index (χ3n) is 5.33. The number of hydrogen-bond donors (Lipinski definition) is 0. The summed E-state index contributed by atoms with van der Waals surface area (Å²) in [6, 6.07) is 9.36. The zero-order valence-corrected chi connectivity index (χ0v) is 19.9. The number of furan rings is 1. The second-order valence-electron chi connectivity index (χ2n) is 8.69. The van der Waals surface area contributed by atoms with Crippen LogP contribution in [0.4, 0.5) is 0 Å². The zero-order valence-electron chi connectivity index (χ0n) is 19.2. The van der Waals surface area contributed by atoms with E-state index in [-0.39, 0.29) is 31.0 Å². The molecule has 0 radical (unpaired) electrons. The lowest BCUT2D eigenvalue weighted by Crippen LogP contribution is -2.47. The fourth-order valence-electron chi connectivity index (χ4n) is 3.52. The molecule has 2 aromatic rings. The minimum Gasteiger partial charge on any atom is -0.464 e. The van der Waals surface area contributed by atoms with Crippen molar-refractivity contribution >= 4 is 23.4 Å². The van der Waals surface area contributed by atoms with Gasteiger partial charge in [0.15, 0.2) is 11.5 Å². The Labute approximate surface area is 194 Å². The summed E-state index contributed by atoms with van der Waals surface area (Å²) < 4.78 is 16.6. The third kappa shape index (κ3) is 5.76. The number of amides is 2. The Kier molecular flexibility index (Phi) is 7.72. The number of rotatable bonds is 10. The van der Waals surface area contributed by atoms with Crippen LogP contribution in [0.3, 0.4) is 0 Å². The van der Waals surface area contributed by atoms with Gasteiger partial charge in [-0.3, -0.25) is 9.59 Å². The molecule has 1 aromatic heterocycles. The highest BCUT2D eigenvalue weighted by atomic mass is 35.5. The van der Waals surface area contributed by atoms with E-state index in [4.69, 9.17) is 25.5 Å². The van der Waals surface area contributed by atoms with E-state index >= 15 is 0 Å². The van der Waals surface area contributed by atoms with Gasteiger partial charge in [0.2, 0.25) is 18.6 Å². The van der Waals surface area contributed by atoms with Gasteiger partial charge in [0.25, 0.3) is 0 Å². The maximum atomic E-state index is 13.4. The lowest BCUT2D eigenvalue weighted by Gasteiger charge is -2.32. The molecule has 32 heavy (non-hydrogen) atoms. The van der Waals surface area contributed by atoms with E-state index in [0.717, 1.165) is 17.7 Å². The van der Waals surface area contributed by atoms with Crippen molar-refractivity contribution in [3.63, 3.8) is 0 Å². The van der Waals surface area contributed by atoms with Gasteiger partial charge in [0.1, 0.15) is 11.5 Å². The van der Waals surface area contributed by atoms with Crippen LogP contribution in [0.1, 0.15) is 44.3 Å². The van der Waals surface area contributed by atoms with Crippen LogP contribution < -0.4 is 9.47 Å². The molecule has 0 N–H and O–H groups in total. The maximum absolute atomic E-state index is 13.4. The third-order valence-corrected chi connectivity index (χ3v) is 5.99. The molecule has 0 atom stereocenters. The van der Waals surface area contributed by atoms with Gasteiger partial charge in [-0.15, -0.1) is 11.6 Å². The molecule has 0 unspecified atom stereocenters. The predicted octanol–water partition coefficient (Wildman–Crippen LogP) is 4.35. The van der Waals surface area contributed by atoms with Crippen molar-refractivity contribution in [2.75, 3.05) is 25.8 Å². The van der Waals surface area contributed by atoms with Gasteiger partial charge < -0.3 is 23.7 Å². The summed E-state index contributed by atoms with van der Waals surface area (Å²) in [5, 5.41) is 0. The standard InChI is InChI=1S/C24H31ClN2O5/c1-5-10-26(23(29)24(3,4)15-25)14-22(28)27(13-19-8-6-17(2)32-19)12-18-7-9-20-21(11-18)31-16-30-20/h6-9,11H,5,10,12-16H2,1-4H3. The second kappa shape index (κ2) is 10.3. The van der Waals surface area contributed by atoms with E-state index in [9.17, 15) is 9.59 Å². The summed E-state index contributed by atoms with van der Waals surface area (Å²) in [5.74, 6) is 2.72. The number of fused-ring (bicyclic) bond motifs is 1.